The van der Waals surface area contributed by atoms with Crippen LogP contribution in [-0.4, -0.2) is 67.6 Å². The number of nitrogens with zero attached hydrogens (tertiary/aromatic N) is 4. The largest absolute Gasteiger partial charge is 0.454 e. The van der Waals surface area contributed by atoms with Crippen LogP contribution in [0.1, 0.15) is 31.2 Å². The minimum atomic E-state index is -4.61. The Morgan fingerprint density at radius 1 is 0.977 bits per heavy atom. The summed E-state index contributed by atoms with van der Waals surface area (Å²) >= 11 is 6.00. The number of anilines is 3. The lowest BCUT2D eigenvalue weighted by atomic mass is 10.1. The molecule has 2 aromatic carbocycles. The number of carbonyl (C=O) groups is 1. The quantitative estimate of drug-likeness (QED) is 0.260. The highest BCUT2D eigenvalue weighted by Gasteiger charge is 2.51. The Morgan fingerprint density at radius 3 is 2.16 bits per heavy atom. The van der Waals surface area contributed by atoms with E-state index in [9.17, 15) is 26.4 Å². The highest BCUT2D eigenvalue weighted by atomic mass is 35.5. The van der Waals surface area contributed by atoms with E-state index < -0.39 is 45.7 Å². The molecule has 1 amide bonds. The van der Waals surface area contributed by atoms with Gasteiger partial charge in [0.25, 0.3) is 10.0 Å². The number of aromatic nitrogens is 3. The topological polar surface area (TPSA) is 138 Å². The van der Waals surface area contributed by atoms with Crippen molar-refractivity contribution in [2.24, 2.45) is 5.41 Å². The van der Waals surface area contributed by atoms with Crippen LogP contribution in [-0.2, 0) is 20.4 Å². The molecule has 230 valence electrons. The molecule has 2 saturated carbocycles. The van der Waals surface area contributed by atoms with Crippen LogP contribution in [0.4, 0.5) is 30.8 Å². The molecule has 3 N–H and O–H groups in total. The van der Waals surface area contributed by atoms with Gasteiger partial charge in [0.05, 0.1) is 15.8 Å². The Kier molecular flexibility index (Phi) is 8.17. The molecule has 0 atom stereocenters. The lowest BCUT2D eigenvalue weighted by Crippen LogP contribution is -2.41. The second-order valence-electron chi connectivity index (χ2n) is 11.0. The van der Waals surface area contributed by atoms with Crippen molar-refractivity contribution >= 4 is 45.1 Å². The number of nitrogens with one attached hydrogen (secondary N) is 3. The van der Waals surface area contributed by atoms with Gasteiger partial charge in [-0.15, -0.1) is 0 Å². The van der Waals surface area contributed by atoms with Crippen molar-refractivity contribution < 1.29 is 31.1 Å². The number of rotatable bonds is 12. The van der Waals surface area contributed by atoms with E-state index in [0.717, 1.165) is 18.4 Å². The molecular formula is C27H29ClF3N7O4S. The van der Waals surface area contributed by atoms with Gasteiger partial charge in [0.15, 0.2) is 6.61 Å². The van der Waals surface area contributed by atoms with E-state index in [1.54, 1.807) is 12.1 Å². The summed E-state index contributed by atoms with van der Waals surface area (Å²) in [5, 5.41) is 6.58. The zero-order valence-corrected chi connectivity index (χ0v) is 24.8. The summed E-state index contributed by atoms with van der Waals surface area (Å²) in [6, 6.07) is 12.0. The summed E-state index contributed by atoms with van der Waals surface area (Å²) in [4.78, 5) is 26.7. The summed E-state index contributed by atoms with van der Waals surface area (Å²) in [5.74, 6) is -0.701. The first-order valence-electron chi connectivity index (χ1n) is 13.3. The maximum Gasteiger partial charge on any atom is 0.422 e. The van der Waals surface area contributed by atoms with Crippen molar-refractivity contribution in [2.75, 3.05) is 37.9 Å². The molecule has 3 aromatic rings. The van der Waals surface area contributed by atoms with E-state index in [1.165, 1.54) is 24.3 Å². The molecule has 0 bridgehead atoms. The molecule has 0 saturated heterocycles. The third-order valence-corrected chi connectivity index (χ3v) is 8.68. The average Bonchev–Trinajstić information content (AvgIpc) is 3.85. The minimum absolute atomic E-state index is 0.0178. The van der Waals surface area contributed by atoms with E-state index >= 15 is 0 Å². The normalized spacial score (nSPS) is 16.8. The Hall–Kier alpha value is -3.69. The van der Waals surface area contributed by atoms with Gasteiger partial charge < -0.3 is 20.3 Å². The monoisotopic (exact) mass is 639 g/mol. The molecule has 2 aliphatic carbocycles. The Labute approximate surface area is 251 Å². The number of halogens is 4. The van der Waals surface area contributed by atoms with Crippen molar-refractivity contribution in [2.45, 2.75) is 42.3 Å². The summed E-state index contributed by atoms with van der Waals surface area (Å²) < 4.78 is 71.2. The van der Waals surface area contributed by atoms with Crippen LogP contribution in [0.3, 0.4) is 0 Å². The lowest BCUT2D eigenvalue weighted by Gasteiger charge is -2.19. The van der Waals surface area contributed by atoms with Crippen LogP contribution in [0, 0.1) is 5.41 Å². The van der Waals surface area contributed by atoms with Gasteiger partial charge in [-0.3, -0.25) is 4.79 Å². The Balaban J connectivity index is 1.33. The van der Waals surface area contributed by atoms with Gasteiger partial charge in [0, 0.05) is 17.3 Å². The fraction of sp³-hybridized carbons (Fsp3) is 0.407. The molecule has 2 aliphatic rings. The van der Waals surface area contributed by atoms with Gasteiger partial charge in [0.2, 0.25) is 17.8 Å². The second-order valence-corrected chi connectivity index (χ2v) is 13.1. The zero-order chi connectivity index (χ0) is 31.0. The summed E-state index contributed by atoms with van der Waals surface area (Å²) in [7, 11) is -0.510. The molecule has 0 unspecified atom stereocenters. The van der Waals surface area contributed by atoms with Gasteiger partial charge in [-0.1, -0.05) is 23.7 Å². The highest BCUT2D eigenvalue weighted by Crippen LogP contribution is 2.48. The van der Waals surface area contributed by atoms with E-state index in [0.29, 0.717) is 30.1 Å². The predicted octanol–water partition coefficient (Wildman–Crippen LogP) is 4.46. The van der Waals surface area contributed by atoms with Crippen molar-refractivity contribution in [3.05, 3.63) is 59.1 Å². The van der Waals surface area contributed by atoms with Gasteiger partial charge >= 0.3 is 12.2 Å². The average molecular weight is 640 g/mol. The SMILES string of the molecule is CN(C)CC1(C(=O)NS(=O)(=O)c2ccc(Nc3nc(NC4(c5ccc(Cl)cc5)CC4)nc(OCC(F)(F)F)n3)cc2)CC1. The zero-order valence-electron chi connectivity index (χ0n) is 23.2. The first-order valence-corrected chi connectivity index (χ1v) is 15.1. The molecule has 0 radical (unpaired) electrons. The molecule has 1 heterocycles. The third-order valence-electron chi connectivity index (χ3n) is 7.08. The fourth-order valence-electron chi connectivity index (χ4n) is 4.62. The number of ether oxygens (including phenoxy) is 1. The smallest absolute Gasteiger partial charge is 0.422 e. The van der Waals surface area contributed by atoms with Gasteiger partial charge in [0.1, 0.15) is 0 Å². The molecule has 0 aliphatic heterocycles. The molecule has 2 fully saturated rings. The number of benzene rings is 2. The van der Waals surface area contributed by atoms with Crippen molar-refractivity contribution in [3.8, 4) is 6.01 Å². The van der Waals surface area contributed by atoms with Crippen molar-refractivity contribution in [1.29, 1.82) is 0 Å². The first kappa shape index (κ1) is 30.8. The lowest BCUT2D eigenvalue weighted by molar-refractivity contribution is -0.154. The van der Waals surface area contributed by atoms with Crippen LogP contribution in [0.2, 0.25) is 5.02 Å². The van der Waals surface area contributed by atoms with E-state index in [1.807, 2.05) is 31.1 Å². The Bertz CT molecular complexity index is 1600. The maximum absolute atomic E-state index is 12.9. The predicted molar refractivity (Wildman–Crippen MR) is 153 cm³/mol. The molecule has 43 heavy (non-hydrogen) atoms. The highest BCUT2D eigenvalue weighted by molar-refractivity contribution is 7.90. The summed E-state index contributed by atoms with van der Waals surface area (Å²) in [6.45, 7) is -1.16. The van der Waals surface area contributed by atoms with Crippen molar-refractivity contribution in [3.63, 3.8) is 0 Å². The van der Waals surface area contributed by atoms with Gasteiger partial charge in [-0.25, -0.2) is 13.1 Å². The summed E-state index contributed by atoms with van der Waals surface area (Å²) in [6.07, 6.45) is -1.95. The fourth-order valence-corrected chi connectivity index (χ4v) is 5.82. The molecular weight excluding hydrogens is 611 g/mol. The number of alkyl halides is 3. The van der Waals surface area contributed by atoms with Crippen LogP contribution in [0.5, 0.6) is 6.01 Å². The molecule has 16 heteroatoms. The number of sulfonamides is 1. The number of hydrogen-bond acceptors (Lipinski definition) is 10. The third kappa shape index (κ3) is 7.64. The standard InChI is InChI=1S/C27H29ClF3N7O4S/c1-38(2)15-25(11-12-25)21(39)37-43(40,41)20-9-7-19(8-10-20)32-22-33-23(35-24(34-22)42-16-27(29,30)31)36-26(13-14-26)17-3-5-18(28)6-4-17/h3-10H,11-16H2,1-2H3,(H,37,39)(H2,32,33,34,35,36). The van der Waals surface area contributed by atoms with Gasteiger partial charge in [-0.05, 0) is 81.7 Å². The first-order chi connectivity index (χ1) is 20.2. The van der Waals surface area contributed by atoms with Crippen molar-refractivity contribution in [1.82, 2.24) is 24.6 Å². The number of carbonyl (C=O) groups excluding carboxylic acids is 1. The van der Waals surface area contributed by atoms with E-state index in [4.69, 9.17) is 16.3 Å². The maximum atomic E-state index is 12.9. The minimum Gasteiger partial charge on any atom is -0.454 e. The number of amides is 1. The van der Waals surface area contributed by atoms with E-state index in [2.05, 4.69) is 30.3 Å². The molecule has 11 nitrogen and oxygen atoms in total. The van der Waals surface area contributed by atoms with Crippen LogP contribution < -0.4 is 20.1 Å². The van der Waals surface area contributed by atoms with Gasteiger partial charge in [-0.2, -0.15) is 28.1 Å². The summed E-state index contributed by atoms with van der Waals surface area (Å²) in [5.41, 5.74) is -0.0190. The Morgan fingerprint density at radius 2 is 1.60 bits per heavy atom. The molecule has 5 rings (SSSR count). The van der Waals surface area contributed by atoms with Crippen LogP contribution in [0.15, 0.2) is 53.4 Å². The molecule has 0 spiro atoms. The number of hydrogen-bond donors (Lipinski definition) is 3. The second kappa shape index (κ2) is 11.4. The van der Waals surface area contributed by atoms with Crippen LogP contribution >= 0.6 is 11.6 Å². The van der Waals surface area contributed by atoms with Crippen LogP contribution in [0.25, 0.3) is 0 Å². The van der Waals surface area contributed by atoms with E-state index in [-0.39, 0.29) is 16.8 Å². The molecule has 1 aromatic heterocycles.